The van der Waals surface area contributed by atoms with Crippen molar-refractivity contribution in [1.82, 2.24) is 5.16 Å². The first-order valence-electron chi connectivity index (χ1n) is 10.2. The Morgan fingerprint density at radius 2 is 1.93 bits per heavy atom. The Morgan fingerprint density at radius 3 is 2.63 bits per heavy atom. The third kappa shape index (κ3) is 2.84. The van der Waals surface area contributed by atoms with Gasteiger partial charge in [-0.3, -0.25) is 9.59 Å². The molecule has 2 aliphatic rings. The van der Waals surface area contributed by atoms with Gasteiger partial charge < -0.3 is 19.8 Å². The van der Waals surface area contributed by atoms with Crippen LogP contribution in [-0.4, -0.2) is 41.7 Å². The van der Waals surface area contributed by atoms with Crippen molar-refractivity contribution in [2.45, 2.75) is 20.3 Å². The molecule has 2 atom stereocenters. The second kappa shape index (κ2) is 6.86. The lowest BCUT2D eigenvalue weighted by molar-refractivity contribution is -0.134. The predicted octanol–water partition coefficient (Wildman–Crippen LogP) is 4.02. The van der Waals surface area contributed by atoms with Crippen molar-refractivity contribution >= 4 is 34.0 Å². The molecule has 0 unspecified atom stereocenters. The molecule has 1 aromatic heterocycles. The number of anilines is 2. The summed E-state index contributed by atoms with van der Waals surface area (Å²) < 4.78 is 5.76. The molecule has 0 spiro atoms. The molecule has 0 saturated carbocycles. The van der Waals surface area contributed by atoms with Crippen molar-refractivity contribution < 1.29 is 19.2 Å². The number of carbonyl (C=O) groups is 2. The molecule has 1 aliphatic heterocycles. The van der Waals surface area contributed by atoms with E-state index in [1.165, 1.54) is 0 Å². The van der Waals surface area contributed by atoms with E-state index in [4.69, 9.17) is 4.52 Å². The summed E-state index contributed by atoms with van der Waals surface area (Å²) in [4.78, 5) is 26.9. The fraction of sp³-hybridized carbons (Fsp3) is 0.348. The molecule has 30 heavy (non-hydrogen) atoms. The van der Waals surface area contributed by atoms with Crippen molar-refractivity contribution in [1.29, 1.82) is 0 Å². The van der Waals surface area contributed by atoms with E-state index in [0.717, 1.165) is 30.8 Å². The number of aromatic nitrogens is 1. The van der Waals surface area contributed by atoms with Crippen molar-refractivity contribution in [2.24, 2.45) is 11.8 Å². The number of nitrogens with zero attached hydrogens (tertiary/aromatic N) is 2. The van der Waals surface area contributed by atoms with E-state index in [2.05, 4.69) is 29.2 Å². The Morgan fingerprint density at radius 1 is 1.23 bits per heavy atom. The normalized spacial score (nSPS) is 20.3. The monoisotopic (exact) mass is 405 g/mol. The molecule has 2 N–H and O–H groups in total. The fourth-order valence-corrected chi connectivity index (χ4v) is 4.95. The quantitative estimate of drug-likeness (QED) is 0.529. The molecule has 0 bridgehead atoms. The average molecular weight is 405 g/mol. The summed E-state index contributed by atoms with van der Waals surface area (Å²) in [7, 11) is 0. The molecule has 3 aromatic rings. The van der Waals surface area contributed by atoms with Crippen LogP contribution in [0.2, 0.25) is 0 Å². The van der Waals surface area contributed by atoms with Gasteiger partial charge in [0.2, 0.25) is 0 Å². The maximum Gasteiger partial charge on any atom is 0.322 e. The lowest BCUT2D eigenvalue weighted by Crippen LogP contribution is -2.39. The summed E-state index contributed by atoms with van der Waals surface area (Å²) >= 11 is 0. The highest BCUT2D eigenvalue weighted by atomic mass is 16.5. The van der Waals surface area contributed by atoms with Gasteiger partial charge in [-0.2, -0.15) is 0 Å². The van der Waals surface area contributed by atoms with Gasteiger partial charge in [-0.05, 0) is 24.3 Å². The van der Waals surface area contributed by atoms with Crippen LogP contribution in [0.5, 0.6) is 0 Å². The zero-order valence-electron chi connectivity index (χ0n) is 16.9. The van der Waals surface area contributed by atoms with E-state index >= 15 is 0 Å². The lowest BCUT2D eigenvalue weighted by atomic mass is 9.85. The molecule has 1 fully saturated rings. The van der Waals surface area contributed by atoms with E-state index < -0.39 is 5.97 Å². The number of piperidine rings is 1. The number of hydrogen-bond donors (Lipinski definition) is 2. The summed E-state index contributed by atoms with van der Waals surface area (Å²) in [6, 6.07) is 9.16. The van der Waals surface area contributed by atoms with Gasteiger partial charge in [0.05, 0.1) is 16.6 Å². The van der Waals surface area contributed by atoms with E-state index in [9.17, 15) is 14.7 Å². The molecular formula is C23H23N3O4. The number of fused-ring (bicyclic) bond motifs is 2. The minimum atomic E-state index is -0.988. The van der Waals surface area contributed by atoms with Gasteiger partial charge in [0.25, 0.3) is 0 Å². The third-order valence-corrected chi connectivity index (χ3v) is 6.02. The fourth-order valence-electron chi connectivity index (χ4n) is 4.95. The molecular weight excluding hydrogens is 382 g/mol. The third-order valence-electron chi connectivity index (χ3n) is 6.02. The minimum Gasteiger partial charge on any atom is -0.480 e. The molecule has 1 aliphatic carbocycles. The van der Waals surface area contributed by atoms with E-state index in [0.29, 0.717) is 45.3 Å². The van der Waals surface area contributed by atoms with E-state index in [1.807, 2.05) is 24.3 Å². The van der Waals surface area contributed by atoms with Crippen LogP contribution in [-0.2, 0) is 4.79 Å². The Kier molecular flexibility index (Phi) is 4.27. The molecule has 7 heteroatoms. The molecule has 2 aromatic carbocycles. The Balaban J connectivity index is 1.76. The van der Waals surface area contributed by atoms with Crippen LogP contribution in [0.4, 0.5) is 11.4 Å². The standard InChI is InChI=1S/C23H23N3O4/c1-12-7-13(2)11-26(10-12)17-8-16(24-9-18(27)28)19-20-21(17)25-30-23(20)15-6-4-3-5-14(15)22(19)29/h3-6,8,12-13,24H,7,9-11H2,1-2H3,(H,27,28)/t12-,13-/m0/s1. The highest BCUT2D eigenvalue weighted by molar-refractivity contribution is 6.28. The molecule has 2 heterocycles. The predicted molar refractivity (Wildman–Crippen MR) is 114 cm³/mol. The highest BCUT2D eigenvalue weighted by Crippen LogP contribution is 2.46. The minimum absolute atomic E-state index is 0.147. The second-order valence-corrected chi connectivity index (χ2v) is 8.53. The number of hydrogen-bond acceptors (Lipinski definition) is 6. The zero-order valence-corrected chi connectivity index (χ0v) is 16.9. The number of nitrogens with one attached hydrogen (secondary N) is 1. The SMILES string of the molecule is C[C@H]1C[C@H](C)CN(c2cc(NCC(=O)O)c3c4c(onc24)-c2ccccc2C3=O)C1. The topological polar surface area (TPSA) is 95.7 Å². The Labute approximate surface area is 173 Å². The Bertz CT molecular complexity index is 1170. The van der Waals surface area contributed by atoms with E-state index in [1.54, 1.807) is 6.07 Å². The van der Waals surface area contributed by atoms with Crippen LogP contribution in [0.1, 0.15) is 36.2 Å². The first-order valence-corrected chi connectivity index (χ1v) is 10.2. The summed E-state index contributed by atoms with van der Waals surface area (Å²) in [6.45, 7) is 5.94. The van der Waals surface area contributed by atoms with Gasteiger partial charge in [-0.25, -0.2) is 0 Å². The molecule has 154 valence electrons. The van der Waals surface area contributed by atoms with Gasteiger partial charge >= 0.3 is 5.97 Å². The molecule has 7 nitrogen and oxygen atoms in total. The van der Waals surface area contributed by atoms with E-state index in [-0.39, 0.29) is 12.3 Å². The van der Waals surface area contributed by atoms with Gasteiger partial charge in [-0.15, -0.1) is 0 Å². The zero-order chi connectivity index (χ0) is 21.0. The highest BCUT2D eigenvalue weighted by Gasteiger charge is 2.34. The van der Waals surface area contributed by atoms with Gasteiger partial charge in [-0.1, -0.05) is 43.3 Å². The number of ketones is 1. The van der Waals surface area contributed by atoms with Crippen LogP contribution < -0.4 is 10.2 Å². The van der Waals surface area contributed by atoms with Crippen LogP contribution in [0.15, 0.2) is 34.9 Å². The lowest BCUT2D eigenvalue weighted by Gasteiger charge is -2.37. The second-order valence-electron chi connectivity index (χ2n) is 8.53. The van der Waals surface area contributed by atoms with Crippen LogP contribution in [0, 0.1) is 11.8 Å². The summed E-state index contributed by atoms with van der Waals surface area (Å²) in [5.74, 6) is 0.485. The van der Waals surface area contributed by atoms with Crippen LogP contribution >= 0.6 is 0 Å². The van der Waals surface area contributed by atoms with Crippen molar-refractivity contribution in [2.75, 3.05) is 29.9 Å². The summed E-state index contributed by atoms with van der Waals surface area (Å²) in [5, 5.41) is 17.2. The van der Waals surface area contributed by atoms with Crippen molar-refractivity contribution in [3.63, 3.8) is 0 Å². The first kappa shape index (κ1) is 18.7. The number of carboxylic acids is 1. The number of benzene rings is 2. The number of aliphatic carboxylic acids is 1. The summed E-state index contributed by atoms with van der Waals surface area (Å²) in [6.07, 6.45) is 1.16. The first-order chi connectivity index (χ1) is 14.4. The average Bonchev–Trinajstić information content (AvgIpc) is 3.15. The molecule has 5 rings (SSSR count). The van der Waals surface area contributed by atoms with Gasteiger partial charge in [0.1, 0.15) is 12.1 Å². The van der Waals surface area contributed by atoms with Gasteiger partial charge in [0.15, 0.2) is 11.5 Å². The summed E-state index contributed by atoms with van der Waals surface area (Å²) in [5.41, 5.74) is 3.73. The number of carboxylic acid groups (broad SMARTS) is 1. The Hall–Kier alpha value is -3.35. The van der Waals surface area contributed by atoms with Crippen LogP contribution in [0.25, 0.3) is 22.2 Å². The molecule has 0 radical (unpaired) electrons. The van der Waals surface area contributed by atoms with Crippen LogP contribution in [0.3, 0.4) is 0 Å². The van der Waals surface area contributed by atoms with Crippen molar-refractivity contribution in [3.05, 3.63) is 41.5 Å². The van der Waals surface area contributed by atoms with Crippen molar-refractivity contribution in [3.8, 4) is 11.3 Å². The van der Waals surface area contributed by atoms with Gasteiger partial charge in [0, 0.05) is 29.9 Å². The smallest absolute Gasteiger partial charge is 0.322 e. The molecule has 0 amide bonds. The number of rotatable bonds is 4. The maximum absolute atomic E-state index is 13.4. The molecule has 1 saturated heterocycles. The maximum atomic E-state index is 13.4. The number of carbonyl (C=O) groups excluding carboxylic acids is 1. The largest absolute Gasteiger partial charge is 0.480 e.